The average Bonchev–Trinajstić information content (AvgIpc) is 2.31. The zero-order valence-electron chi connectivity index (χ0n) is 10.9. The first kappa shape index (κ1) is 14.6. The van der Waals surface area contributed by atoms with Crippen molar-refractivity contribution in [1.82, 2.24) is 4.90 Å². The number of carbonyl (C=O) groups excluding carboxylic acids is 1. The predicted octanol–water partition coefficient (Wildman–Crippen LogP) is 1.18. The van der Waals surface area contributed by atoms with E-state index in [1.807, 2.05) is 0 Å². The fourth-order valence-corrected chi connectivity index (χ4v) is 1.73. The third kappa shape index (κ3) is 3.78. The number of carbonyl (C=O) groups is 1. The SMILES string of the molecule is COCC(N)CN(C)C(=O)c1cc(F)ccc1C. The molecule has 1 aromatic carbocycles. The van der Waals surface area contributed by atoms with Crippen LogP contribution in [0.25, 0.3) is 0 Å². The van der Waals surface area contributed by atoms with Gasteiger partial charge in [0.05, 0.1) is 6.61 Å². The van der Waals surface area contributed by atoms with Gasteiger partial charge in [-0.2, -0.15) is 0 Å². The summed E-state index contributed by atoms with van der Waals surface area (Å²) in [6.07, 6.45) is 0. The molecule has 0 aliphatic heterocycles. The van der Waals surface area contributed by atoms with E-state index in [-0.39, 0.29) is 11.9 Å². The Bertz CT molecular complexity index is 423. The topological polar surface area (TPSA) is 55.6 Å². The highest BCUT2D eigenvalue weighted by molar-refractivity contribution is 5.95. The molecule has 1 rings (SSSR count). The van der Waals surface area contributed by atoms with Crippen LogP contribution in [0.2, 0.25) is 0 Å². The fraction of sp³-hybridized carbons (Fsp3) is 0.462. The summed E-state index contributed by atoms with van der Waals surface area (Å²) >= 11 is 0. The molecule has 0 saturated heterocycles. The van der Waals surface area contributed by atoms with E-state index in [0.29, 0.717) is 18.7 Å². The van der Waals surface area contributed by atoms with Crippen molar-refractivity contribution in [2.75, 3.05) is 27.3 Å². The molecule has 0 aliphatic rings. The molecule has 1 aromatic rings. The number of amides is 1. The number of halogens is 1. The Labute approximate surface area is 107 Å². The molecule has 0 bridgehead atoms. The Morgan fingerprint density at radius 1 is 1.56 bits per heavy atom. The van der Waals surface area contributed by atoms with E-state index in [4.69, 9.17) is 10.5 Å². The van der Waals surface area contributed by atoms with E-state index >= 15 is 0 Å². The number of benzene rings is 1. The zero-order chi connectivity index (χ0) is 13.7. The number of hydrogen-bond donors (Lipinski definition) is 1. The standard InChI is InChI=1S/C13H19FN2O2/c1-9-4-5-10(14)6-12(9)13(17)16(2)7-11(15)8-18-3/h4-6,11H,7-8,15H2,1-3H3. The van der Waals surface area contributed by atoms with Gasteiger partial charge in [0.2, 0.25) is 0 Å². The van der Waals surface area contributed by atoms with E-state index in [2.05, 4.69) is 0 Å². The van der Waals surface area contributed by atoms with Crippen LogP contribution in [0.3, 0.4) is 0 Å². The van der Waals surface area contributed by atoms with Gasteiger partial charge in [-0.05, 0) is 24.6 Å². The average molecular weight is 254 g/mol. The summed E-state index contributed by atoms with van der Waals surface area (Å²) in [6, 6.07) is 3.92. The molecule has 100 valence electrons. The lowest BCUT2D eigenvalue weighted by atomic mass is 10.1. The van der Waals surface area contributed by atoms with Gasteiger partial charge in [-0.15, -0.1) is 0 Å². The summed E-state index contributed by atoms with van der Waals surface area (Å²) in [5.41, 5.74) is 6.88. The van der Waals surface area contributed by atoms with Gasteiger partial charge in [-0.1, -0.05) is 6.07 Å². The first-order valence-electron chi connectivity index (χ1n) is 5.71. The summed E-state index contributed by atoms with van der Waals surface area (Å²) in [7, 11) is 3.20. The molecular formula is C13H19FN2O2. The third-order valence-corrected chi connectivity index (χ3v) is 2.67. The Balaban J connectivity index is 2.77. The zero-order valence-corrected chi connectivity index (χ0v) is 10.9. The number of methoxy groups -OCH3 is 1. The van der Waals surface area contributed by atoms with Gasteiger partial charge in [-0.25, -0.2) is 4.39 Å². The molecule has 0 fully saturated rings. The lowest BCUT2D eigenvalue weighted by Crippen LogP contribution is -2.41. The van der Waals surface area contributed by atoms with Crippen LogP contribution in [-0.4, -0.2) is 44.2 Å². The van der Waals surface area contributed by atoms with Gasteiger partial charge < -0.3 is 15.4 Å². The van der Waals surface area contributed by atoms with E-state index < -0.39 is 5.82 Å². The molecule has 0 radical (unpaired) electrons. The smallest absolute Gasteiger partial charge is 0.254 e. The van der Waals surface area contributed by atoms with Gasteiger partial charge in [0.15, 0.2) is 0 Å². The highest BCUT2D eigenvalue weighted by atomic mass is 19.1. The van der Waals surface area contributed by atoms with Crippen LogP contribution >= 0.6 is 0 Å². The van der Waals surface area contributed by atoms with Gasteiger partial charge in [0.1, 0.15) is 5.82 Å². The van der Waals surface area contributed by atoms with Crippen molar-refractivity contribution < 1.29 is 13.9 Å². The van der Waals surface area contributed by atoms with E-state index in [1.54, 1.807) is 27.1 Å². The lowest BCUT2D eigenvalue weighted by molar-refractivity contribution is 0.0763. The fourth-order valence-electron chi connectivity index (χ4n) is 1.73. The number of ether oxygens (including phenoxy) is 1. The Morgan fingerprint density at radius 2 is 2.22 bits per heavy atom. The number of hydrogen-bond acceptors (Lipinski definition) is 3. The van der Waals surface area contributed by atoms with Crippen molar-refractivity contribution in [2.24, 2.45) is 5.73 Å². The minimum Gasteiger partial charge on any atom is -0.383 e. The first-order chi connectivity index (χ1) is 8.45. The van der Waals surface area contributed by atoms with Crippen LogP contribution in [-0.2, 0) is 4.74 Å². The van der Waals surface area contributed by atoms with Crippen LogP contribution in [0.4, 0.5) is 4.39 Å². The van der Waals surface area contributed by atoms with Gasteiger partial charge in [0.25, 0.3) is 5.91 Å². The van der Waals surface area contributed by atoms with Gasteiger partial charge >= 0.3 is 0 Å². The largest absolute Gasteiger partial charge is 0.383 e. The molecule has 0 saturated carbocycles. The normalized spacial score (nSPS) is 12.3. The maximum Gasteiger partial charge on any atom is 0.254 e. The second kappa shape index (κ2) is 6.47. The summed E-state index contributed by atoms with van der Waals surface area (Å²) < 4.78 is 18.0. The monoisotopic (exact) mass is 254 g/mol. The molecule has 5 heteroatoms. The summed E-state index contributed by atoms with van der Waals surface area (Å²) in [5, 5.41) is 0. The summed E-state index contributed by atoms with van der Waals surface area (Å²) in [6.45, 7) is 2.51. The van der Waals surface area contributed by atoms with E-state index in [9.17, 15) is 9.18 Å². The first-order valence-corrected chi connectivity index (χ1v) is 5.71. The van der Waals surface area contributed by atoms with Crippen molar-refractivity contribution in [3.8, 4) is 0 Å². The molecule has 0 aliphatic carbocycles. The quantitative estimate of drug-likeness (QED) is 0.858. The predicted molar refractivity (Wildman–Crippen MR) is 67.9 cm³/mol. The van der Waals surface area contributed by atoms with Crippen molar-refractivity contribution in [2.45, 2.75) is 13.0 Å². The molecule has 2 N–H and O–H groups in total. The van der Waals surface area contributed by atoms with Gasteiger partial charge in [-0.3, -0.25) is 4.79 Å². The van der Waals surface area contributed by atoms with E-state index in [1.165, 1.54) is 17.0 Å². The van der Waals surface area contributed by atoms with Crippen molar-refractivity contribution >= 4 is 5.91 Å². The number of nitrogens with two attached hydrogens (primary N) is 1. The van der Waals surface area contributed by atoms with Crippen LogP contribution < -0.4 is 5.73 Å². The number of likely N-dealkylation sites (N-methyl/N-ethyl adjacent to an activating group) is 1. The maximum absolute atomic E-state index is 13.1. The van der Waals surface area contributed by atoms with Gasteiger partial charge in [0, 0.05) is 32.3 Å². The maximum atomic E-state index is 13.1. The highest BCUT2D eigenvalue weighted by Gasteiger charge is 2.17. The Hall–Kier alpha value is -1.46. The lowest BCUT2D eigenvalue weighted by Gasteiger charge is -2.22. The minimum absolute atomic E-state index is 0.237. The molecule has 1 unspecified atom stereocenters. The Kier molecular flexibility index (Phi) is 5.25. The number of rotatable bonds is 5. The number of nitrogens with zero attached hydrogens (tertiary/aromatic N) is 1. The Morgan fingerprint density at radius 3 is 2.83 bits per heavy atom. The van der Waals surface area contributed by atoms with Crippen molar-refractivity contribution in [1.29, 1.82) is 0 Å². The van der Waals surface area contributed by atoms with Crippen LogP contribution in [0, 0.1) is 12.7 Å². The molecule has 4 nitrogen and oxygen atoms in total. The molecule has 0 spiro atoms. The van der Waals surface area contributed by atoms with Crippen LogP contribution in [0.15, 0.2) is 18.2 Å². The third-order valence-electron chi connectivity index (χ3n) is 2.67. The second-order valence-electron chi connectivity index (χ2n) is 4.36. The van der Waals surface area contributed by atoms with Crippen molar-refractivity contribution in [3.05, 3.63) is 35.1 Å². The summed E-state index contributed by atoms with van der Waals surface area (Å²) in [4.78, 5) is 13.6. The molecule has 18 heavy (non-hydrogen) atoms. The molecule has 1 atom stereocenters. The second-order valence-corrected chi connectivity index (χ2v) is 4.36. The molecular weight excluding hydrogens is 235 g/mol. The highest BCUT2D eigenvalue weighted by Crippen LogP contribution is 2.12. The van der Waals surface area contributed by atoms with Crippen molar-refractivity contribution in [3.63, 3.8) is 0 Å². The molecule has 1 amide bonds. The van der Waals surface area contributed by atoms with Crippen LogP contribution in [0.1, 0.15) is 15.9 Å². The summed E-state index contributed by atoms with van der Waals surface area (Å²) in [5.74, 6) is -0.655. The number of aryl methyl sites for hydroxylation is 1. The minimum atomic E-state index is -0.418. The van der Waals surface area contributed by atoms with E-state index in [0.717, 1.165) is 5.56 Å². The van der Waals surface area contributed by atoms with Crippen LogP contribution in [0.5, 0.6) is 0 Å². The molecule has 0 heterocycles. The molecule has 0 aromatic heterocycles.